The maximum absolute atomic E-state index is 9.96. The first kappa shape index (κ1) is 16.7. The van der Waals surface area contributed by atoms with Crippen molar-refractivity contribution in [3.05, 3.63) is 23.0 Å². The van der Waals surface area contributed by atoms with Gasteiger partial charge in [-0.3, -0.25) is 0 Å². The average Bonchev–Trinajstić information content (AvgIpc) is 2.84. The van der Waals surface area contributed by atoms with Crippen LogP contribution in [-0.4, -0.2) is 18.8 Å². The van der Waals surface area contributed by atoms with Gasteiger partial charge in [0, 0.05) is 13.0 Å². The number of hydrogen-bond donors (Lipinski definition) is 1. The van der Waals surface area contributed by atoms with Gasteiger partial charge in [0.1, 0.15) is 0 Å². The van der Waals surface area contributed by atoms with E-state index in [9.17, 15) is 5.11 Å². The van der Waals surface area contributed by atoms with Crippen molar-refractivity contribution in [1.82, 2.24) is 0 Å². The van der Waals surface area contributed by atoms with Crippen LogP contribution in [0.15, 0.2) is 23.0 Å². The van der Waals surface area contributed by atoms with Crippen LogP contribution < -0.4 is 0 Å². The lowest BCUT2D eigenvalue weighted by molar-refractivity contribution is -0.0922. The van der Waals surface area contributed by atoms with E-state index in [0.717, 1.165) is 30.6 Å². The Labute approximate surface area is 147 Å². The van der Waals surface area contributed by atoms with Gasteiger partial charge in [0.15, 0.2) is 0 Å². The second-order valence-corrected chi connectivity index (χ2v) is 9.49. The van der Waals surface area contributed by atoms with Gasteiger partial charge in [-0.15, -0.1) is 0 Å². The Bertz CT molecular complexity index is 589. The van der Waals surface area contributed by atoms with Crippen molar-refractivity contribution in [2.24, 2.45) is 34.5 Å². The van der Waals surface area contributed by atoms with Gasteiger partial charge in [0.05, 0.1) is 12.9 Å². The van der Waals surface area contributed by atoms with Crippen LogP contribution in [0.1, 0.15) is 65.7 Å². The monoisotopic (exact) mass is 330 g/mol. The molecular formula is C22H34O2. The lowest BCUT2D eigenvalue weighted by Gasteiger charge is -2.60. The van der Waals surface area contributed by atoms with E-state index >= 15 is 0 Å². The van der Waals surface area contributed by atoms with Crippen LogP contribution in [0.25, 0.3) is 0 Å². The Morgan fingerprint density at radius 2 is 1.96 bits per heavy atom. The second-order valence-electron chi connectivity index (χ2n) is 9.49. The van der Waals surface area contributed by atoms with Gasteiger partial charge in [-0.2, -0.15) is 0 Å². The second kappa shape index (κ2) is 5.62. The van der Waals surface area contributed by atoms with Crippen LogP contribution in [0, 0.1) is 34.5 Å². The normalized spacial score (nSPS) is 47.6. The summed E-state index contributed by atoms with van der Waals surface area (Å²) in [4.78, 5) is 0. The first-order chi connectivity index (χ1) is 11.4. The Hall–Kier alpha value is -0.760. The molecule has 2 saturated carbocycles. The molecule has 0 aliphatic heterocycles. The Kier molecular flexibility index (Phi) is 3.91. The molecule has 0 aromatic carbocycles. The number of fused-ring (bicyclic) bond motifs is 4. The molecule has 0 heterocycles. The number of hydrogen-bond acceptors (Lipinski definition) is 2. The van der Waals surface area contributed by atoms with Crippen molar-refractivity contribution in [2.75, 3.05) is 13.7 Å². The molecule has 2 fully saturated rings. The summed E-state index contributed by atoms with van der Waals surface area (Å²) < 4.78 is 5.54. The number of aliphatic hydroxyl groups is 1. The molecule has 2 nitrogen and oxygen atoms in total. The van der Waals surface area contributed by atoms with Crippen LogP contribution in [0.5, 0.6) is 0 Å². The zero-order chi connectivity index (χ0) is 17.1. The molecule has 0 aromatic heterocycles. The van der Waals surface area contributed by atoms with Crippen molar-refractivity contribution >= 4 is 0 Å². The van der Waals surface area contributed by atoms with Gasteiger partial charge in [-0.05, 0) is 79.1 Å². The van der Waals surface area contributed by atoms with Crippen LogP contribution in [0.2, 0.25) is 0 Å². The van der Waals surface area contributed by atoms with Crippen molar-refractivity contribution in [2.45, 2.75) is 65.7 Å². The summed E-state index contributed by atoms with van der Waals surface area (Å²) in [6, 6.07) is 0. The van der Waals surface area contributed by atoms with E-state index in [4.69, 9.17) is 4.74 Å². The standard InChI is InChI=1S/C22H34O2/c1-14-11-15-12-17(24-4)5-6-18(15)19-8-10-21(2)16(13-23)7-9-22(21,3)20(14)19/h5,14,16,19-20,23H,6-13H2,1-4H3/t14-,16+,19-,20-,21-,22-/m1/s1. The van der Waals surface area contributed by atoms with Crippen LogP contribution in [0.4, 0.5) is 0 Å². The molecule has 0 radical (unpaired) electrons. The molecule has 1 N–H and O–H groups in total. The van der Waals surface area contributed by atoms with Gasteiger partial charge in [0.2, 0.25) is 0 Å². The molecule has 24 heavy (non-hydrogen) atoms. The SMILES string of the molecule is COC1=CCC2=C(C1)C[C@@H](C)[C@@H]1[C@@H]2CC[C@]2(C)[C@H](CO)CC[C@]12C. The molecular weight excluding hydrogens is 296 g/mol. The highest BCUT2D eigenvalue weighted by Gasteiger charge is 2.63. The fourth-order valence-corrected chi connectivity index (χ4v) is 7.42. The first-order valence-electron chi connectivity index (χ1n) is 9.99. The first-order valence-corrected chi connectivity index (χ1v) is 9.99. The highest BCUT2D eigenvalue weighted by Crippen LogP contribution is 2.70. The fourth-order valence-electron chi connectivity index (χ4n) is 7.42. The molecule has 0 saturated heterocycles. The van der Waals surface area contributed by atoms with E-state index in [1.165, 1.54) is 37.9 Å². The van der Waals surface area contributed by atoms with Gasteiger partial charge in [0.25, 0.3) is 0 Å². The van der Waals surface area contributed by atoms with Crippen LogP contribution >= 0.6 is 0 Å². The fraction of sp³-hybridized carbons (Fsp3) is 0.818. The molecule has 4 rings (SSSR count). The summed E-state index contributed by atoms with van der Waals surface area (Å²) in [6.45, 7) is 7.94. The number of rotatable bonds is 2. The zero-order valence-electron chi connectivity index (χ0n) is 15.9. The molecule has 4 aliphatic rings. The van der Waals surface area contributed by atoms with Gasteiger partial charge in [-0.25, -0.2) is 0 Å². The minimum atomic E-state index is 0.331. The molecule has 2 heteroatoms. The summed E-state index contributed by atoms with van der Waals surface area (Å²) in [5.74, 6) is 4.01. The Morgan fingerprint density at radius 3 is 2.67 bits per heavy atom. The van der Waals surface area contributed by atoms with Gasteiger partial charge in [-0.1, -0.05) is 31.9 Å². The third kappa shape index (κ3) is 2.04. The van der Waals surface area contributed by atoms with Crippen molar-refractivity contribution < 1.29 is 9.84 Å². The molecule has 0 aromatic rings. The molecule has 0 unspecified atom stereocenters. The van der Waals surface area contributed by atoms with E-state index < -0.39 is 0 Å². The topological polar surface area (TPSA) is 29.5 Å². The van der Waals surface area contributed by atoms with Crippen LogP contribution in [0.3, 0.4) is 0 Å². The summed E-state index contributed by atoms with van der Waals surface area (Å²) in [6.07, 6.45) is 10.9. The van der Waals surface area contributed by atoms with Crippen molar-refractivity contribution in [1.29, 1.82) is 0 Å². The molecule has 134 valence electrons. The average molecular weight is 331 g/mol. The number of ether oxygens (including phenoxy) is 1. The maximum atomic E-state index is 9.96. The van der Waals surface area contributed by atoms with E-state index in [-0.39, 0.29) is 0 Å². The smallest absolute Gasteiger partial charge is 0.0959 e. The molecule has 0 spiro atoms. The van der Waals surface area contributed by atoms with Crippen molar-refractivity contribution in [3.8, 4) is 0 Å². The molecule has 0 amide bonds. The minimum Gasteiger partial charge on any atom is -0.501 e. The lowest BCUT2D eigenvalue weighted by atomic mass is 9.45. The third-order valence-electron chi connectivity index (χ3n) is 8.86. The minimum absolute atomic E-state index is 0.331. The summed E-state index contributed by atoms with van der Waals surface area (Å²) in [7, 11) is 1.81. The molecule has 6 atom stereocenters. The Balaban J connectivity index is 1.70. The van der Waals surface area contributed by atoms with E-state index in [0.29, 0.717) is 23.4 Å². The van der Waals surface area contributed by atoms with E-state index in [2.05, 4.69) is 26.8 Å². The van der Waals surface area contributed by atoms with Crippen molar-refractivity contribution in [3.63, 3.8) is 0 Å². The highest BCUT2D eigenvalue weighted by molar-refractivity contribution is 5.34. The predicted octanol–water partition coefficient (Wildman–Crippen LogP) is 5.09. The largest absolute Gasteiger partial charge is 0.501 e. The molecule has 4 aliphatic carbocycles. The summed E-state index contributed by atoms with van der Waals surface area (Å²) in [5.41, 5.74) is 4.17. The third-order valence-corrected chi connectivity index (χ3v) is 8.86. The maximum Gasteiger partial charge on any atom is 0.0959 e. The quantitative estimate of drug-likeness (QED) is 0.715. The number of aliphatic hydroxyl groups excluding tert-OH is 1. The van der Waals surface area contributed by atoms with E-state index in [1.807, 2.05) is 7.11 Å². The highest BCUT2D eigenvalue weighted by atomic mass is 16.5. The lowest BCUT2D eigenvalue weighted by Crippen LogP contribution is -2.53. The summed E-state index contributed by atoms with van der Waals surface area (Å²) >= 11 is 0. The van der Waals surface area contributed by atoms with Crippen LogP contribution in [-0.2, 0) is 4.74 Å². The molecule has 0 bridgehead atoms. The van der Waals surface area contributed by atoms with Gasteiger partial charge < -0.3 is 9.84 Å². The van der Waals surface area contributed by atoms with E-state index in [1.54, 1.807) is 11.1 Å². The number of methoxy groups -OCH3 is 1. The zero-order valence-corrected chi connectivity index (χ0v) is 15.9. The van der Waals surface area contributed by atoms with Gasteiger partial charge >= 0.3 is 0 Å². The summed E-state index contributed by atoms with van der Waals surface area (Å²) in [5, 5.41) is 9.96. The number of allylic oxidation sites excluding steroid dienone is 3. The predicted molar refractivity (Wildman–Crippen MR) is 97.4 cm³/mol. The Morgan fingerprint density at radius 1 is 1.21 bits per heavy atom.